The molecule has 1 aromatic carbocycles. The molecule has 0 saturated heterocycles. The minimum Gasteiger partial charge on any atom is -0.453 e. The molecular weight excluding hydrogens is 406 g/mol. The van der Waals surface area contributed by atoms with Gasteiger partial charge in [-0.1, -0.05) is 26.0 Å². The van der Waals surface area contributed by atoms with Crippen LogP contribution in [0.1, 0.15) is 51.1 Å². The van der Waals surface area contributed by atoms with Gasteiger partial charge in [0.05, 0.1) is 11.6 Å². The minimum atomic E-state index is -1.03. The van der Waals surface area contributed by atoms with E-state index in [-0.39, 0.29) is 12.3 Å². The van der Waals surface area contributed by atoms with Crippen molar-refractivity contribution in [2.24, 2.45) is 5.92 Å². The van der Waals surface area contributed by atoms with Crippen molar-refractivity contribution in [3.8, 4) is 6.07 Å². The molecule has 2 aromatic heterocycles. The van der Waals surface area contributed by atoms with Crippen molar-refractivity contribution in [1.82, 2.24) is 19.9 Å². The van der Waals surface area contributed by atoms with Crippen molar-refractivity contribution in [2.75, 3.05) is 0 Å². The Labute approximate surface area is 187 Å². The molecule has 168 valence electrons. The van der Waals surface area contributed by atoms with Gasteiger partial charge < -0.3 is 10.1 Å². The van der Waals surface area contributed by atoms with Gasteiger partial charge in [0.1, 0.15) is 5.54 Å². The number of aromatic nitrogens is 3. The quantitative estimate of drug-likeness (QED) is 0.570. The van der Waals surface area contributed by atoms with E-state index in [4.69, 9.17) is 9.72 Å². The zero-order valence-electron chi connectivity index (χ0n) is 19.4. The third-order valence-corrected chi connectivity index (χ3v) is 6.04. The molecule has 2 atom stereocenters. The first-order valence-corrected chi connectivity index (χ1v) is 10.7. The average molecular weight is 436 g/mol. The first kappa shape index (κ1) is 23.2. The highest BCUT2D eigenvalue weighted by atomic mass is 16.5. The summed E-state index contributed by atoms with van der Waals surface area (Å²) in [6.07, 6.45) is -0.466. The van der Waals surface area contributed by atoms with Crippen molar-refractivity contribution in [3.63, 3.8) is 0 Å². The van der Waals surface area contributed by atoms with E-state index in [1.54, 1.807) is 6.92 Å². The molecule has 0 aliphatic rings. The number of carbonyl (C=O) groups is 2. The van der Waals surface area contributed by atoms with Crippen LogP contribution in [0.3, 0.4) is 0 Å². The smallest absolute Gasteiger partial charge is 0.306 e. The van der Waals surface area contributed by atoms with E-state index < -0.39 is 23.5 Å². The summed E-state index contributed by atoms with van der Waals surface area (Å²) in [5.41, 5.74) is 3.31. The van der Waals surface area contributed by atoms with Crippen molar-refractivity contribution >= 4 is 28.4 Å². The van der Waals surface area contributed by atoms with Gasteiger partial charge in [-0.3, -0.25) is 9.59 Å². The SMILES string of the molecule is Cc1nc2c3ccccc3nn2c(C)c1CCC(=O)OC(C)C(=O)NC(C)(C#N)C(C)C. The summed E-state index contributed by atoms with van der Waals surface area (Å²) < 4.78 is 7.12. The lowest BCUT2D eigenvalue weighted by Gasteiger charge is -2.28. The molecule has 0 saturated carbocycles. The molecule has 0 fully saturated rings. The molecule has 8 nitrogen and oxygen atoms in total. The molecule has 1 N–H and O–H groups in total. The maximum atomic E-state index is 12.4. The number of nitriles is 1. The van der Waals surface area contributed by atoms with Crippen LogP contribution in [0.5, 0.6) is 0 Å². The van der Waals surface area contributed by atoms with Crippen molar-refractivity contribution in [1.29, 1.82) is 5.26 Å². The molecule has 3 aromatic rings. The van der Waals surface area contributed by atoms with Gasteiger partial charge in [-0.2, -0.15) is 10.4 Å². The van der Waals surface area contributed by atoms with Crippen LogP contribution in [0.25, 0.3) is 16.6 Å². The molecule has 2 heterocycles. The standard InChI is InChI=1S/C24H29N5O3/c1-14(2)24(6,13-25)27-23(31)17(5)32-21(30)12-11-18-15(3)26-22-19-9-7-8-10-20(19)28-29(22)16(18)4/h7-10,14,17H,11-12H2,1-6H3,(H,27,31). The van der Waals surface area contributed by atoms with Crippen LogP contribution in [0, 0.1) is 31.1 Å². The van der Waals surface area contributed by atoms with E-state index in [1.165, 1.54) is 6.92 Å². The molecule has 0 aliphatic heterocycles. The zero-order valence-corrected chi connectivity index (χ0v) is 19.4. The largest absolute Gasteiger partial charge is 0.453 e. The number of hydrogen-bond acceptors (Lipinski definition) is 6. The average Bonchev–Trinajstić information content (AvgIpc) is 3.12. The van der Waals surface area contributed by atoms with Crippen LogP contribution in [0.15, 0.2) is 24.3 Å². The van der Waals surface area contributed by atoms with Crippen LogP contribution in [-0.2, 0) is 20.7 Å². The molecule has 0 aliphatic carbocycles. The molecule has 0 bridgehead atoms. The second kappa shape index (κ2) is 8.95. The van der Waals surface area contributed by atoms with Crippen LogP contribution in [-0.4, -0.2) is 38.1 Å². The lowest BCUT2D eigenvalue weighted by molar-refractivity contribution is -0.155. The number of nitrogens with zero attached hydrogens (tertiary/aromatic N) is 4. The first-order chi connectivity index (χ1) is 15.1. The molecule has 2 unspecified atom stereocenters. The Kier molecular flexibility index (Phi) is 6.49. The minimum absolute atomic E-state index is 0.0911. The highest BCUT2D eigenvalue weighted by Crippen LogP contribution is 2.23. The number of ether oxygens (including phenoxy) is 1. The number of hydrogen-bond donors (Lipinski definition) is 1. The van der Waals surface area contributed by atoms with Crippen molar-refractivity contribution in [2.45, 2.75) is 66.0 Å². The Hall–Kier alpha value is -3.47. The highest BCUT2D eigenvalue weighted by Gasteiger charge is 2.32. The lowest BCUT2D eigenvalue weighted by Crippen LogP contribution is -2.52. The number of nitrogens with one attached hydrogen (secondary N) is 1. The Bertz CT molecular complexity index is 1220. The first-order valence-electron chi connectivity index (χ1n) is 10.7. The second-order valence-electron chi connectivity index (χ2n) is 8.60. The monoisotopic (exact) mass is 435 g/mol. The van der Waals surface area contributed by atoms with Crippen LogP contribution in [0.2, 0.25) is 0 Å². The fraction of sp³-hybridized carbons (Fsp3) is 0.458. The second-order valence-corrected chi connectivity index (χ2v) is 8.60. The molecule has 3 rings (SSSR count). The summed E-state index contributed by atoms with van der Waals surface area (Å²) in [5.74, 6) is -1.07. The van der Waals surface area contributed by atoms with Gasteiger partial charge in [-0.05, 0) is 57.7 Å². The van der Waals surface area contributed by atoms with E-state index in [2.05, 4.69) is 16.5 Å². The molecule has 8 heteroatoms. The summed E-state index contributed by atoms with van der Waals surface area (Å²) in [4.78, 5) is 29.5. The fourth-order valence-electron chi connectivity index (χ4n) is 3.53. The number of benzene rings is 1. The van der Waals surface area contributed by atoms with Gasteiger partial charge in [-0.15, -0.1) is 0 Å². The van der Waals surface area contributed by atoms with Crippen LogP contribution < -0.4 is 5.32 Å². The van der Waals surface area contributed by atoms with Crippen molar-refractivity contribution < 1.29 is 14.3 Å². The topological polar surface area (TPSA) is 109 Å². The van der Waals surface area contributed by atoms with Crippen LogP contribution >= 0.6 is 0 Å². The number of rotatable bonds is 7. The summed E-state index contributed by atoms with van der Waals surface area (Å²) in [5, 5.41) is 17.7. The van der Waals surface area contributed by atoms with Gasteiger partial charge in [0.2, 0.25) is 0 Å². The maximum Gasteiger partial charge on any atom is 0.306 e. The van der Waals surface area contributed by atoms with E-state index in [9.17, 15) is 14.9 Å². The fourth-order valence-corrected chi connectivity index (χ4v) is 3.53. The van der Waals surface area contributed by atoms with E-state index in [1.807, 2.05) is 56.5 Å². The molecular formula is C24H29N5O3. The van der Waals surface area contributed by atoms with E-state index in [0.717, 1.165) is 33.5 Å². The van der Waals surface area contributed by atoms with Crippen molar-refractivity contribution in [3.05, 3.63) is 41.2 Å². The van der Waals surface area contributed by atoms with Crippen LogP contribution in [0.4, 0.5) is 0 Å². The van der Waals surface area contributed by atoms with Gasteiger partial charge >= 0.3 is 5.97 Å². The third-order valence-electron chi connectivity index (χ3n) is 6.04. The number of carbonyl (C=O) groups excluding carboxylic acids is 2. The number of esters is 1. The Balaban J connectivity index is 1.69. The zero-order chi connectivity index (χ0) is 23.6. The summed E-state index contributed by atoms with van der Waals surface area (Å²) in [6.45, 7) is 10.7. The summed E-state index contributed by atoms with van der Waals surface area (Å²) in [6, 6.07) is 9.94. The Morgan fingerprint density at radius 1 is 1.25 bits per heavy atom. The Morgan fingerprint density at radius 3 is 2.59 bits per heavy atom. The third kappa shape index (κ3) is 4.42. The highest BCUT2D eigenvalue weighted by molar-refractivity contribution is 5.92. The molecule has 0 radical (unpaired) electrons. The number of amides is 1. The molecule has 32 heavy (non-hydrogen) atoms. The van der Waals surface area contributed by atoms with Gasteiger partial charge in [0.25, 0.3) is 5.91 Å². The molecule has 0 spiro atoms. The van der Waals surface area contributed by atoms with Gasteiger partial charge in [0, 0.05) is 23.2 Å². The van der Waals surface area contributed by atoms with E-state index in [0.29, 0.717) is 6.42 Å². The lowest BCUT2D eigenvalue weighted by atomic mass is 9.90. The summed E-state index contributed by atoms with van der Waals surface area (Å²) in [7, 11) is 0. The van der Waals surface area contributed by atoms with Gasteiger partial charge in [-0.25, -0.2) is 9.50 Å². The van der Waals surface area contributed by atoms with E-state index >= 15 is 0 Å². The summed E-state index contributed by atoms with van der Waals surface area (Å²) >= 11 is 0. The maximum absolute atomic E-state index is 12.4. The molecule has 1 amide bonds. The normalized spacial score (nSPS) is 14.2. The predicted octanol–water partition coefficient (Wildman–Crippen LogP) is 3.42. The predicted molar refractivity (Wildman–Crippen MR) is 121 cm³/mol. The number of aryl methyl sites for hydroxylation is 2. The Morgan fingerprint density at radius 2 is 1.94 bits per heavy atom. The van der Waals surface area contributed by atoms with Gasteiger partial charge in [0.15, 0.2) is 11.8 Å². The number of fused-ring (bicyclic) bond motifs is 3.